The second-order valence-electron chi connectivity index (χ2n) is 7.35. The minimum absolute atomic E-state index is 0.712. The van der Waals surface area contributed by atoms with Crippen LogP contribution in [0.15, 0.2) is 60.7 Å². The molecule has 0 radical (unpaired) electrons. The van der Waals surface area contributed by atoms with Gasteiger partial charge in [-0.3, -0.25) is 5.10 Å². The number of fused-ring (bicyclic) bond motifs is 1. The first-order valence-corrected chi connectivity index (χ1v) is 10.0. The Balaban J connectivity index is 1.41. The van der Waals surface area contributed by atoms with E-state index in [9.17, 15) is 0 Å². The van der Waals surface area contributed by atoms with Gasteiger partial charge in [0.1, 0.15) is 0 Å². The lowest BCUT2D eigenvalue weighted by atomic mass is 10.0. The number of anilines is 1. The van der Waals surface area contributed by atoms with Crippen LogP contribution in [0.3, 0.4) is 0 Å². The largest absolute Gasteiger partial charge is 0.350 e. The Kier molecular flexibility index (Phi) is 4.52. The van der Waals surface area contributed by atoms with Crippen LogP contribution in [0.25, 0.3) is 22.5 Å². The summed E-state index contributed by atoms with van der Waals surface area (Å²) in [6.45, 7) is 3.70. The van der Waals surface area contributed by atoms with Gasteiger partial charge in [0.05, 0.1) is 11.4 Å². The highest BCUT2D eigenvalue weighted by Crippen LogP contribution is 2.31. The zero-order valence-corrected chi connectivity index (χ0v) is 16.8. The van der Waals surface area contributed by atoms with E-state index in [1.54, 1.807) is 0 Å². The molecule has 0 bridgehead atoms. The third-order valence-corrected chi connectivity index (χ3v) is 5.59. The van der Waals surface area contributed by atoms with Crippen LogP contribution in [0, 0.1) is 6.92 Å². The van der Waals surface area contributed by atoms with Crippen molar-refractivity contribution in [3.63, 3.8) is 0 Å². The van der Waals surface area contributed by atoms with Crippen LogP contribution in [0.5, 0.6) is 0 Å². The van der Waals surface area contributed by atoms with Crippen molar-refractivity contribution in [1.29, 1.82) is 0 Å². The van der Waals surface area contributed by atoms with Gasteiger partial charge in [0.15, 0.2) is 5.82 Å². The molecule has 0 amide bonds. The van der Waals surface area contributed by atoms with E-state index in [1.807, 2.05) is 36.4 Å². The molecule has 0 aliphatic carbocycles. The summed E-state index contributed by atoms with van der Waals surface area (Å²) in [6, 6.07) is 20.2. The van der Waals surface area contributed by atoms with Crippen LogP contribution in [0.4, 0.5) is 5.82 Å². The molecule has 1 aliphatic rings. The van der Waals surface area contributed by atoms with Crippen molar-refractivity contribution in [3.05, 3.63) is 82.5 Å². The number of hydrogen-bond donors (Lipinski definition) is 1. The Morgan fingerprint density at radius 3 is 2.59 bits per heavy atom. The molecule has 0 saturated heterocycles. The lowest BCUT2D eigenvalue weighted by Crippen LogP contribution is -2.31. The number of nitrogens with one attached hydrogen (secondary N) is 1. The lowest BCUT2D eigenvalue weighted by Gasteiger charge is -2.27. The Labute approximate surface area is 174 Å². The third kappa shape index (κ3) is 3.49. The number of rotatable bonds is 3. The summed E-state index contributed by atoms with van der Waals surface area (Å²) in [5.74, 6) is 0.879. The monoisotopic (exact) mass is 401 g/mol. The topological polar surface area (TPSA) is 57.7 Å². The maximum absolute atomic E-state index is 6.18. The van der Waals surface area contributed by atoms with Crippen molar-refractivity contribution in [1.82, 2.24) is 20.4 Å². The van der Waals surface area contributed by atoms with E-state index < -0.39 is 0 Å². The van der Waals surface area contributed by atoms with Gasteiger partial charge in [0.25, 0.3) is 0 Å². The highest BCUT2D eigenvalue weighted by molar-refractivity contribution is 6.30. The molecule has 1 aliphatic heterocycles. The van der Waals surface area contributed by atoms with Gasteiger partial charge in [-0.1, -0.05) is 53.6 Å². The number of aryl methyl sites for hydroxylation is 1. The van der Waals surface area contributed by atoms with Crippen molar-refractivity contribution in [2.75, 3.05) is 11.4 Å². The Morgan fingerprint density at radius 2 is 1.83 bits per heavy atom. The normalized spacial score (nSPS) is 13.4. The Morgan fingerprint density at radius 1 is 0.966 bits per heavy atom. The lowest BCUT2D eigenvalue weighted by molar-refractivity contribution is 0.704. The predicted octanol–water partition coefficient (Wildman–Crippen LogP) is 5.06. The maximum Gasteiger partial charge on any atom is 0.151 e. The molecule has 4 aromatic rings. The standard InChI is InChI=1S/C23H20ClN5/c1-15-5-7-16(8-6-15)20-9-10-22(27-25-20)29-12-11-21-19(14-29)23(28-26-21)17-3-2-4-18(24)13-17/h2-10,13H,11-12,14H2,1H3,(H,26,28). The van der Waals surface area contributed by atoms with Gasteiger partial charge in [-0.15, -0.1) is 10.2 Å². The zero-order chi connectivity index (χ0) is 19.8. The highest BCUT2D eigenvalue weighted by Gasteiger charge is 2.24. The number of aromatic nitrogens is 4. The van der Waals surface area contributed by atoms with Crippen LogP contribution in [0.2, 0.25) is 5.02 Å². The van der Waals surface area contributed by atoms with E-state index in [-0.39, 0.29) is 0 Å². The van der Waals surface area contributed by atoms with Gasteiger partial charge in [-0.05, 0) is 31.2 Å². The maximum atomic E-state index is 6.18. The number of nitrogens with zero attached hydrogens (tertiary/aromatic N) is 4. The van der Waals surface area contributed by atoms with Gasteiger partial charge in [-0.25, -0.2) is 0 Å². The summed E-state index contributed by atoms with van der Waals surface area (Å²) in [5.41, 5.74) is 7.55. The van der Waals surface area contributed by atoms with Gasteiger partial charge in [-0.2, -0.15) is 5.10 Å². The van der Waals surface area contributed by atoms with Gasteiger partial charge < -0.3 is 4.90 Å². The molecule has 0 atom stereocenters. The Hall–Kier alpha value is -3.18. The summed E-state index contributed by atoms with van der Waals surface area (Å²) in [4.78, 5) is 2.25. The average molecular weight is 402 g/mol. The first-order valence-electron chi connectivity index (χ1n) is 9.65. The first kappa shape index (κ1) is 17.9. The van der Waals surface area contributed by atoms with E-state index >= 15 is 0 Å². The van der Waals surface area contributed by atoms with E-state index in [2.05, 4.69) is 56.5 Å². The first-order chi connectivity index (χ1) is 14.2. The molecule has 0 spiro atoms. The molecule has 6 heteroatoms. The van der Waals surface area contributed by atoms with E-state index in [0.29, 0.717) is 5.02 Å². The molecular formula is C23H20ClN5. The van der Waals surface area contributed by atoms with Crippen molar-refractivity contribution >= 4 is 17.4 Å². The fourth-order valence-corrected chi connectivity index (χ4v) is 3.93. The van der Waals surface area contributed by atoms with Crippen molar-refractivity contribution in [2.45, 2.75) is 19.9 Å². The smallest absolute Gasteiger partial charge is 0.151 e. The summed E-state index contributed by atoms with van der Waals surface area (Å²) in [7, 11) is 0. The van der Waals surface area contributed by atoms with Gasteiger partial charge in [0.2, 0.25) is 0 Å². The number of halogens is 1. The quantitative estimate of drug-likeness (QED) is 0.521. The van der Waals surface area contributed by atoms with Crippen LogP contribution in [0.1, 0.15) is 16.8 Å². The summed E-state index contributed by atoms with van der Waals surface area (Å²) in [5, 5.41) is 17.4. The summed E-state index contributed by atoms with van der Waals surface area (Å²) < 4.78 is 0. The second-order valence-corrected chi connectivity index (χ2v) is 7.79. The molecule has 144 valence electrons. The molecule has 29 heavy (non-hydrogen) atoms. The molecular weight excluding hydrogens is 382 g/mol. The number of benzene rings is 2. The minimum atomic E-state index is 0.712. The van der Waals surface area contributed by atoms with E-state index in [1.165, 1.54) is 16.8 Å². The molecule has 0 fully saturated rings. The van der Waals surface area contributed by atoms with Crippen LogP contribution >= 0.6 is 11.6 Å². The summed E-state index contributed by atoms with van der Waals surface area (Å²) >= 11 is 6.18. The second kappa shape index (κ2) is 7.33. The molecule has 2 aromatic carbocycles. The van der Waals surface area contributed by atoms with Crippen molar-refractivity contribution < 1.29 is 0 Å². The Bertz CT molecular complexity index is 1150. The molecule has 5 rings (SSSR count). The van der Waals surface area contributed by atoms with Gasteiger partial charge in [0, 0.05) is 46.9 Å². The highest BCUT2D eigenvalue weighted by atomic mass is 35.5. The van der Waals surface area contributed by atoms with Gasteiger partial charge >= 0.3 is 0 Å². The SMILES string of the molecule is Cc1ccc(-c2ccc(N3CCc4[nH]nc(-c5cccc(Cl)c5)c4C3)nn2)cc1. The zero-order valence-electron chi connectivity index (χ0n) is 16.1. The predicted molar refractivity (Wildman–Crippen MR) is 116 cm³/mol. The van der Waals surface area contributed by atoms with Crippen LogP contribution in [-0.2, 0) is 13.0 Å². The molecule has 2 aromatic heterocycles. The van der Waals surface area contributed by atoms with Crippen LogP contribution < -0.4 is 4.90 Å². The number of hydrogen-bond acceptors (Lipinski definition) is 4. The minimum Gasteiger partial charge on any atom is -0.350 e. The third-order valence-electron chi connectivity index (χ3n) is 5.35. The van der Waals surface area contributed by atoms with Crippen molar-refractivity contribution in [2.24, 2.45) is 0 Å². The fourth-order valence-electron chi connectivity index (χ4n) is 3.74. The molecule has 1 N–H and O–H groups in total. The number of H-pyrrole nitrogens is 1. The summed E-state index contributed by atoms with van der Waals surface area (Å²) in [6.07, 6.45) is 0.893. The number of aromatic amines is 1. The van der Waals surface area contributed by atoms with Crippen LogP contribution in [-0.4, -0.2) is 26.9 Å². The molecule has 3 heterocycles. The molecule has 0 saturated carbocycles. The van der Waals surface area contributed by atoms with E-state index in [0.717, 1.165) is 47.8 Å². The van der Waals surface area contributed by atoms with Crippen molar-refractivity contribution in [3.8, 4) is 22.5 Å². The molecule has 5 nitrogen and oxygen atoms in total. The fraction of sp³-hybridized carbons (Fsp3) is 0.174. The molecule has 0 unspecified atom stereocenters. The average Bonchev–Trinajstić information content (AvgIpc) is 3.18. The van der Waals surface area contributed by atoms with E-state index in [4.69, 9.17) is 11.6 Å².